The second kappa shape index (κ2) is 18.3. The van der Waals surface area contributed by atoms with E-state index in [0.29, 0.717) is 5.75 Å². The molecule has 6 aromatic carbocycles. The maximum absolute atomic E-state index is 15.3. The molecule has 0 spiro atoms. The Morgan fingerprint density at radius 1 is 0.609 bits per heavy atom. The van der Waals surface area contributed by atoms with Crippen LogP contribution in [0.4, 0.5) is 4.79 Å². The summed E-state index contributed by atoms with van der Waals surface area (Å²) in [6.07, 6.45) is 3.62. The highest BCUT2D eigenvalue weighted by Crippen LogP contribution is 2.46. The molecule has 0 fully saturated rings. The van der Waals surface area contributed by atoms with Gasteiger partial charge < -0.3 is 28.4 Å². The van der Waals surface area contributed by atoms with Gasteiger partial charge in [0.05, 0.1) is 19.6 Å². The van der Waals surface area contributed by atoms with E-state index in [1.807, 2.05) is 133 Å². The van der Waals surface area contributed by atoms with Crippen LogP contribution in [0.2, 0.25) is 0 Å². The van der Waals surface area contributed by atoms with Gasteiger partial charge in [0.1, 0.15) is 24.9 Å². The molecule has 3 aliphatic rings. The van der Waals surface area contributed by atoms with E-state index < -0.39 is 41.8 Å². The number of ether oxygens (including phenoxy) is 6. The van der Waals surface area contributed by atoms with Crippen molar-refractivity contribution >= 4 is 24.0 Å². The van der Waals surface area contributed by atoms with Crippen molar-refractivity contribution in [3.05, 3.63) is 215 Å². The third-order valence-corrected chi connectivity index (χ3v) is 11.9. The van der Waals surface area contributed by atoms with Gasteiger partial charge in [-0.05, 0) is 68.3 Å². The molecule has 10 nitrogen and oxygen atoms in total. The maximum Gasteiger partial charge on any atom is 0.510 e. The highest BCUT2D eigenvalue weighted by atomic mass is 16.8. The summed E-state index contributed by atoms with van der Waals surface area (Å²) in [5.74, 6) is -2.04. The van der Waals surface area contributed by atoms with Crippen molar-refractivity contribution in [3.63, 3.8) is 0 Å². The summed E-state index contributed by atoms with van der Waals surface area (Å²) in [4.78, 5) is 57.1. The topological polar surface area (TPSA) is 124 Å². The van der Waals surface area contributed by atoms with E-state index in [-0.39, 0.29) is 36.9 Å². The lowest BCUT2D eigenvalue weighted by atomic mass is 9.92. The molecule has 0 saturated heterocycles. The summed E-state index contributed by atoms with van der Waals surface area (Å²) in [7, 11) is 1.47. The average Bonchev–Trinajstić information content (AvgIpc) is 3.85. The fraction of sp³-hybridized carbons (Fsp3) is 0.167. The lowest BCUT2D eigenvalue weighted by Crippen LogP contribution is -2.52. The SMILES string of the molecule is COc1ccc(C(OC(=O)OCC2c3ccccc3-c3ccccc32)(C(=O)OCC2c3ccccc3-c3ccccc32)C(=O)OC(OCc2ccccc2)C2C=CC=CC2=C=O)cc1. The van der Waals surface area contributed by atoms with Crippen molar-refractivity contribution in [1.82, 2.24) is 0 Å². The molecule has 6 aromatic rings. The lowest BCUT2D eigenvalue weighted by molar-refractivity contribution is -0.214. The Morgan fingerprint density at radius 2 is 1.12 bits per heavy atom. The van der Waals surface area contributed by atoms with Crippen molar-refractivity contribution < 1.29 is 47.6 Å². The Morgan fingerprint density at radius 3 is 1.66 bits per heavy atom. The predicted molar refractivity (Wildman–Crippen MR) is 238 cm³/mol. The molecule has 0 radical (unpaired) electrons. The smallest absolute Gasteiger partial charge is 0.497 e. The second-order valence-corrected chi connectivity index (χ2v) is 15.5. The zero-order chi connectivity index (χ0) is 44.0. The molecule has 3 unspecified atom stereocenters. The van der Waals surface area contributed by atoms with Crippen LogP contribution in [0, 0.1) is 5.92 Å². The monoisotopic (exact) mass is 850 g/mol. The molecule has 64 heavy (non-hydrogen) atoms. The van der Waals surface area contributed by atoms with Gasteiger partial charge in [-0.3, -0.25) is 0 Å². The van der Waals surface area contributed by atoms with Crippen molar-refractivity contribution in [2.45, 2.75) is 30.3 Å². The largest absolute Gasteiger partial charge is 0.510 e. The predicted octanol–water partition coefficient (Wildman–Crippen LogP) is 9.80. The normalized spacial score (nSPS) is 16.0. The lowest BCUT2D eigenvalue weighted by Gasteiger charge is -2.33. The molecule has 0 aromatic heterocycles. The number of methoxy groups -OCH3 is 1. The Kier molecular flexibility index (Phi) is 11.9. The van der Waals surface area contributed by atoms with Crippen LogP contribution < -0.4 is 4.74 Å². The van der Waals surface area contributed by atoms with Crippen molar-refractivity contribution in [2.75, 3.05) is 20.3 Å². The molecule has 0 bridgehead atoms. The third-order valence-electron chi connectivity index (χ3n) is 11.9. The molecule has 0 aliphatic heterocycles. The van der Waals surface area contributed by atoms with Crippen LogP contribution in [0.25, 0.3) is 22.3 Å². The van der Waals surface area contributed by atoms with Crippen LogP contribution in [-0.2, 0) is 50.3 Å². The van der Waals surface area contributed by atoms with Gasteiger partial charge in [0.15, 0.2) is 0 Å². The minimum absolute atomic E-state index is 0.0489. The van der Waals surface area contributed by atoms with Crippen molar-refractivity contribution in [2.24, 2.45) is 5.92 Å². The first-order chi connectivity index (χ1) is 31.4. The van der Waals surface area contributed by atoms with Crippen LogP contribution in [0.15, 0.2) is 182 Å². The highest BCUT2D eigenvalue weighted by Gasteiger charge is 2.57. The van der Waals surface area contributed by atoms with E-state index in [2.05, 4.69) is 0 Å². The molecule has 0 N–H and O–H groups in total. The van der Waals surface area contributed by atoms with Gasteiger partial charge in [-0.25, -0.2) is 19.2 Å². The van der Waals surface area contributed by atoms with Crippen LogP contribution >= 0.6 is 0 Å². The minimum atomic E-state index is -2.93. The number of hydrogen-bond donors (Lipinski definition) is 0. The molecule has 3 aliphatic carbocycles. The number of carbonyl (C=O) groups excluding carboxylic acids is 4. The number of hydrogen-bond acceptors (Lipinski definition) is 10. The average molecular weight is 851 g/mol. The van der Waals surface area contributed by atoms with E-state index in [1.54, 1.807) is 18.2 Å². The summed E-state index contributed by atoms with van der Waals surface area (Å²) in [5, 5.41) is 0. The molecular weight excluding hydrogens is 809 g/mol. The Hall–Kier alpha value is -7.78. The van der Waals surface area contributed by atoms with Crippen molar-refractivity contribution in [1.29, 1.82) is 0 Å². The van der Waals surface area contributed by atoms with E-state index in [4.69, 9.17) is 28.4 Å². The van der Waals surface area contributed by atoms with E-state index >= 15 is 9.59 Å². The maximum atomic E-state index is 15.3. The van der Waals surface area contributed by atoms with Gasteiger partial charge in [-0.2, -0.15) is 0 Å². The quantitative estimate of drug-likeness (QED) is 0.0344. The molecular formula is C54H42O10. The van der Waals surface area contributed by atoms with Crippen LogP contribution in [0.1, 0.15) is 45.2 Å². The Labute approximate surface area is 370 Å². The number of fused-ring (bicyclic) bond motifs is 6. The third kappa shape index (κ3) is 7.92. The van der Waals surface area contributed by atoms with Gasteiger partial charge in [0.2, 0.25) is 6.29 Å². The van der Waals surface area contributed by atoms with Crippen LogP contribution in [0.5, 0.6) is 5.75 Å². The Bertz CT molecular complexity index is 2730. The first kappa shape index (κ1) is 41.6. The Balaban J connectivity index is 1.09. The van der Waals surface area contributed by atoms with Crippen molar-refractivity contribution in [3.8, 4) is 28.0 Å². The summed E-state index contributed by atoms with van der Waals surface area (Å²) in [5.41, 5.74) is 5.54. The van der Waals surface area contributed by atoms with Gasteiger partial charge in [-0.15, -0.1) is 0 Å². The molecule has 0 amide bonds. The summed E-state index contributed by atoms with van der Waals surface area (Å²) in [6.45, 7) is -0.457. The summed E-state index contributed by atoms with van der Waals surface area (Å²) in [6, 6.07) is 46.3. The van der Waals surface area contributed by atoms with Gasteiger partial charge in [0, 0.05) is 23.0 Å². The van der Waals surface area contributed by atoms with E-state index in [9.17, 15) is 9.59 Å². The van der Waals surface area contributed by atoms with Gasteiger partial charge in [0.25, 0.3) is 0 Å². The van der Waals surface area contributed by atoms with E-state index in [0.717, 1.165) is 50.1 Å². The zero-order valence-electron chi connectivity index (χ0n) is 34.8. The molecule has 0 saturated carbocycles. The standard InChI is InChI=1S/C54H42O10/c1-59-38-29-27-37(28-30-38)54(51(56)61-33-48-44-23-11-7-19-40(44)41-20-8-12-24-45(41)48,64-53(58)62-34-49-46-25-13-9-21-42(46)43-22-10-14-26-47(43)49)52(57)63-50(39-18-6-5-17-36(39)31-55)60-32-35-15-3-2-4-16-35/h2-30,39,48-50H,32-34H2,1H3. The second-order valence-electron chi connectivity index (χ2n) is 15.5. The number of rotatable bonds is 14. The number of benzene rings is 6. The molecule has 318 valence electrons. The molecule has 9 rings (SSSR count). The van der Waals surface area contributed by atoms with Gasteiger partial charge >= 0.3 is 23.7 Å². The molecule has 3 atom stereocenters. The van der Waals surface area contributed by atoms with Crippen LogP contribution in [0.3, 0.4) is 0 Å². The summed E-state index contributed by atoms with van der Waals surface area (Å²) < 4.78 is 36.0. The number of esters is 2. The van der Waals surface area contributed by atoms with Gasteiger partial charge in [-0.1, -0.05) is 158 Å². The minimum Gasteiger partial charge on any atom is -0.497 e. The van der Waals surface area contributed by atoms with E-state index in [1.165, 1.54) is 37.5 Å². The molecule has 10 heteroatoms. The number of allylic oxidation sites excluding steroid dienone is 3. The highest BCUT2D eigenvalue weighted by molar-refractivity contribution is 6.06. The summed E-state index contributed by atoms with van der Waals surface area (Å²) >= 11 is 0. The first-order valence-electron chi connectivity index (χ1n) is 20.9. The fourth-order valence-corrected chi connectivity index (χ4v) is 8.78. The van der Waals surface area contributed by atoms with Crippen LogP contribution in [-0.4, -0.2) is 50.6 Å². The zero-order valence-corrected chi connectivity index (χ0v) is 34.8. The molecule has 0 heterocycles. The fourth-order valence-electron chi connectivity index (χ4n) is 8.78. The first-order valence-corrected chi connectivity index (χ1v) is 20.9. The number of carbonyl (C=O) groups is 3.